The van der Waals surface area contributed by atoms with Crippen molar-refractivity contribution in [2.75, 3.05) is 26.2 Å². The number of amides is 2. The van der Waals surface area contributed by atoms with Crippen molar-refractivity contribution in [3.8, 4) is 0 Å². The molecule has 2 aromatic carbocycles. The third-order valence-corrected chi connectivity index (χ3v) is 5.75. The summed E-state index contributed by atoms with van der Waals surface area (Å²) < 4.78 is 5.71. The molecule has 0 bridgehead atoms. The second-order valence-electron chi connectivity index (χ2n) is 7.70. The van der Waals surface area contributed by atoms with E-state index in [9.17, 15) is 14.7 Å². The normalized spacial score (nSPS) is 16.6. The number of carbonyl (C=O) groups is 2. The van der Waals surface area contributed by atoms with Crippen molar-refractivity contribution < 1.29 is 19.4 Å². The van der Waals surface area contributed by atoms with Gasteiger partial charge in [0.15, 0.2) is 0 Å². The number of urea groups is 1. The van der Waals surface area contributed by atoms with Crippen LogP contribution in [0.25, 0.3) is 0 Å². The Hall–Kier alpha value is -2.28. The number of nitrogens with zero attached hydrogens (tertiary/aromatic N) is 2. The molecule has 0 spiro atoms. The van der Waals surface area contributed by atoms with Crippen molar-refractivity contribution in [1.29, 1.82) is 0 Å². The van der Waals surface area contributed by atoms with Crippen LogP contribution in [0.2, 0.25) is 10.0 Å². The molecule has 0 saturated carbocycles. The van der Waals surface area contributed by atoms with E-state index in [1.54, 1.807) is 28.0 Å². The van der Waals surface area contributed by atoms with Gasteiger partial charge in [-0.2, -0.15) is 0 Å². The number of ether oxygens (including phenoxy) is 1. The highest BCUT2D eigenvalue weighted by Gasteiger charge is 2.32. The molecule has 1 aliphatic rings. The molecule has 1 N–H and O–H groups in total. The zero-order valence-corrected chi connectivity index (χ0v) is 18.7. The van der Waals surface area contributed by atoms with Crippen molar-refractivity contribution >= 4 is 35.2 Å². The summed E-state index contributed by atoms with van der Waals surface area (Å²) in [5.41, 5.74) is 1.88. The maximum atomic E-state index is 13.0. The van der Waals surface area contributed by atoms with Crippen LogP contribution >= 0.6 is 23.2 Å². The quantitative estimate of drug-likeness (QED) is 0.506. The van der Waals surface area contributed by atoms with Gasteiger partial charge in [0, 0.05) is 48.7 Å². The molecule has 1 aliphatic heterocycles. The van der Waals surface area contributed by atoms with E-state index >= 15 is 0 Å². The molecule has 0 radical (unpaired) electrons. The zero-order chi connectivity index (χ0) is 22.2. The standard InChI is InChI=1S/C23H26Cl2N2O4/c24-20-8-7-19(21(25)12-20)15-27-14-18(11-22(28)29)13-26(23(27)30)9-4-10-31-16-17-5-2-1-3-6-17/h1-3,5-8,12,18H,4,9-11,13-16H2,(H,28,29). The molecular weight excluding hydrogens is 439 g/mol. The van der Waals surface area contributed by atoms with Crippen molar-refractivity contribution in [2.45, 2.75) is 26.0 Å². The van der Waals surface area contributed by atoms with Crippen LogP contribution in [0.15, 0.2) is 48.5 Å². The van der Waals surface area contributed by atoms with E-state index in [1.807, 2.05) is 30.3 Å². The summed E-state index contributed by atoms with van der Waals surface area (Å²) in [6.07, 6.45) is 0.688. The average Bonchev–Trinajstić information content (AvgIpc) is 2.73. The molecule has 1 saturated heterocycles. The Balaban J connectivity index is 1.57. The lowest BCUT2D eigenvalue weighted by Gasteiger charge is -2.40. The van der Waals surface area contributed by atoms with Gasteiger partial charge in [-0.05, 0) is 29.7 Å². The molecule has 1 heterocycles. The van der Waals surface area contributed by atoms with Gasteiger partial charge < -0.3 is 19.6 Å². The van der Waals surface area contributed by atoms with Crippen LogP contribution in [0.5, 0.6) is 0 Å². The van der Waals surface area contributed by atoms with Crippen molar-refractivity contribution in [3.63, 3.8) is 0 Å². The Morgan fingerprint density at radius 1 is 1.10 bits per heavy atom. The van der Waals surface area contributed by atoms with Crippen LogP contribution in [-0.2, 0) is 22.7 Å². The third kappa shape index (κ3) is 7.13. The summed E-state index contributed by atoms with van der Waals surface area (Å²) in [4.78, 5) is 27.7. The molecular formula is C23H26Cl2N2O4. The van der Waals surface area contributed by atoms with Gasteiger partial charge in [-0.3, -0.25) is 4.79 Å². The third-order valence-electron chi connectivity index (χ3n) is 5.17. The molecule has 0 aromatic heterocycles. The summed E-state index contributed by atoms with van der Waals surface area (Å²) in [5, 5.41) is 10.3. The number of hydrogen-bond acceptors (Lipinski definition) is 3. The first kappa shape index (κ1) is 23.4. The fraction of sp³-hybridized carbons (Fsp3) is 0.391. The van der Waals surface area contributed by atoms with Gasteiger partial charge in [-0.25, -0.2) is 4.79 Å². The van der Waals surface area contributed by atoms with Crippen LogP contribution < -0.4 is 0 Å². The zero-order valence-electron chi connectivity index (χ0n) is 17.2. The molecule has 1 atom stereocenters. The fourth-order valence-electron chi connectivity index (χ4n) is 3.71. The van der Waals surface area contributed by atoms with Gasteiger partial charge in [0.25, 0.3) is 0 Å². The van der Waals surface area contributed by atoms with Crippen molar-refractivity contribution in [2.24, 2.45) is 5.92 Å². The smallest absolute Gasteiger partial charge is 0.320 e. The number of carbonyl (C=O) groups excluding carboxylic acids is 1. The van der Waals surface area contributed by atoms with Crippen molar-refractivity contribution in [1.82, 2.24) is 9.80 Å². The Morgan fingerprint density at radius 2 is 1.84 bits per heavy atom. The molecule has 1 fully saturated rings. The monoisotopic (exact) mass is 464 g/mol. The summed E-state index contributed by atoms with van der Waals surface area (Å²) in [6.45, 7) is 2.67. The lowest BCUT2D eigenvalue weighted by molar-refractivity contribution is -0.138. The van der Waals surface area contributed by atoms with E-state index < -0.39 is 5.97 Å². The molecule has 2 aromatic rings. The molecule has 166 valence electrons. The largest absolute Gasteiger partial charge is 0.481 e. The number of carboxylic acid groups (broad SMARTS) is 1. The van der Waals surface area contributed by atoms with E-state index in [4.69, 9.17) is 27.9 Å². The topological polar surface area (TPSA) is 70.1 Å². The summed E-state index contributed by atoms with van der Waals surface area (Å²) in [6, 6.07) is 15.0. The molecule has 6 nitrogen and oxygen atoms in total. The predicted molar refractivity (Wildman–Crippen MR) is 120 cm³/mol. The van der Waals surface area contributed by atoms with Crippen LogP contribution in [0.3, 0.4) is 0 Å². The highest BCUT2D eigenvalue weighted by Crippen LogP contribution is 2.25. The first-order valence-electron chi connectivity index (χ1n) is 10.2. The minimum absolute atomic E-state index is 0.0130. The Morgan fingerprint density at radius 3 is 2.55 bits per heavy atom. The summed E-state index contributed by atoms with van der Waals surface area (Å²) >= 11 is 12.2. The van der Waals surface area contributed by atoms with Crippen LogP contribution in [-0.4, -0.2) is 53.1 Å². The number of rotatable bonds is 10. The number of halogens is 2. The van der Waals surface area contributed by atoms with Crippen LogP contribution in [0.4, 0.5) is 4.79 Å². The number of aliphatic carboxylic acids is 1. The Labute approximate surface area is 192 Å². The minimum atomic E-state index is -0.866. The van der Waals surface area contributed by atoms with Gasteiger partial charge in [-0.15, -0.1) is 0 Å². The SMILES string of the molecule is O=C(O)CC1CN(CCCOCc2ccccc2)C(=O)N(Cc2ccc(Cl)cc2Cl)C1. The maximum Gasteiger partial charge on any atom is 0.320 e. The lowest BCUT2D eigenvalue weighted by atomic mass is 10.0. The highest BCUT2D eigenvalue weighted by atomic mass is 35.5. The van der Waals surface area contributed by atoms with E-state index in [-0.39, 0.29) is 18.4 Å². The molecule has 0 aliphatic carbocycles. The van der Waals surface area contributed by atoms with E-state index in [1.165, 1.54) is 0 Å². The van der Waals surface area contributed by atoms with Crippen LogP contribution in [0, 0.1) is 5.92 Å². The van der Waals surface area contributed by atoms with Gasteiger partial charge >= 0.3 is 12.0 Å². The summed E-state index contributed by atoms with van der Waals surface area (Å²) in [7, 11) is 0. The van der Waals surface area contributed by atoms with E-state index in [0.29, 0.717) is 55.9 Å². The fourth-order valence-corrected chi connectivity index (χ4v) is 4.18. The molecule has 3 rings (SSSR count). The van der Waals surface area contributed by atoms with Gasteiger partial charge in [0.1, 0.15) is 0 Å². The number of benzene rings is 2. The average molecular weight is 465 g/mol. The van der Waals surface area contributed by atoms with Crippen molar-refractivity contribution in [3.05, 3.63) is 69.7 Å². The Kier molecular flexibility index (Phi) is 8.58. The molecule has 31 heavy (non-hydrogen) atoms. The van der Waals surface area contributed by atoms with Gasteiger partial charge in [0.2, 0.25) is 0 Å². The predicted octanol–water partition coefficient (Wildman–Crippen LogP) is 4.93. The second-order valence-corrected chi connectivity index (χ2v) is 8.54. The molecule has 2 amide bonds. The first-order chi connectivity index (χ1) is 14.9. The summed E-state index contributed by atoms with van der Waals surface area (Å²) in [5.74, 6) is -1.01. The minimum Gasteiger partial charge on any atom is -0.481 e. The second kappa shape index (κ2) is 11.4. The number of hydrogen-bond donors (Lipinski definition) is 1. The van der Waals surface area contributed by atoms with Gasteiger partial charge in [0.05, 0.1) is 13.0 Å². The van der Waals surface area contributed by atoms with E-state index in [0.717, 1.165) is 11.1 Å². The lowest BCUT2D eigenvalue weighted by Crippen LogP contribution is -2.53. The molecule has 8 heteroatoms. The van der Waals surface area contributed by atoms with Crippen LogP contribution in [0.1, 0.15) is 24.0 Å². The first-order valence-corrected chi connectivity index (χ1v) is 11.0. The van der Waals surface area contributed by atoms with Gasteiger partial charge in [-0.1, -0.05) is 59.6 Å². The Bertz CT molecular complexity index is 894. The maximum absolute atomic E-state index is 13.0. The van der Waals surface area contributed by atoms with E-state index in [2.05, 4.69) is 0 Å². The highest BCUT2D eigenvalue weighted by molar-refractivity contribution is 6.35. The molecule has 1 unspecified atom stereocenters. The number of carboxylic acids is 1.